The van der Waals surface area contributed by atoms with Crippen molar-refractivity contribution in [1.82, 2.24) is 0 Å². The third-order valence-electron chi connectivity index (χ3n) is 3.35. The van der Waals surface area contributed by atoms with Crippen LogP contribution in [-0.2, 0) is 9.53 Å². The molecule has 0 bridgehead atoms. The Bertz CT molecular complexity index is 755. The number of cyclic esters (lactones) is 1. The number of carbonyl (C=O) groups is 1. The van der Waals surface area contributed by atoms with Crippen molar-refractivity contribution in [2.24, 2.45) is 0 Å². The maximum atomic E-state index is 12.0. The predicted molar refractivity (Wildman–Crippen MR) is 83.1 cm³/mol. The Morgan fingerprint density at radius 1 is 1.05 bits per heavy atom. The standard InChI is InChI=1S/C18H14O4/c1-21-14-9-7-13(8-10-14)16-17(19)15(22-18(16)20)11-12-5-3-2-4-6-12/h2-11,19H,1H3/b15-11-. The number of aliphatic hydroxyl groups is 1. The summed E-state index contributed by atoms with van der Waals surface area (Å²) in [7, 11) is 1.57. The molecule has 1 N–H and O–H groups in total. The highest BCUT2D eigenvalue weighted by atomic mass is 16.6. The summed E-state index contributed by atoms with van der Waals surface area (Å²) in [6, 6.07) is 16.2. The molecule has 4 nitrogen and oxygen atoms in total. The lowest BCUT2D eigenvalue weighted by molar-refractivity contribution is -0.131. The van der Waals surface area contributed by atoms with E-state index in [9.17, 15) is 9.90 Å². The zero-order valence-corrected chi connectivity index (χ0v) is 11.9. The van der Waals surface area contributed by atoms with Gasteiger partial charge in [-0.25, -0.2) is 4.79 Å². The fraction of sp³-hybridized carbons (Fsp3) is 0.0556. The minimum atomic E-state index is -0.565. The van der Waals surface area contributed by atoms with Gasteiger partial charge in [0, 0.05) is 0 Å². The van der Waals surface area contributed by atoms with Crippen molar-refractivity contribution in [1.29, 1.82) is 0 Å². The number of rotatable bonds is 3. The van der Waals surface area contributed by atoms with E-state index < -0.39 is 5.97 Å². The monoisotopic (exact) mass is 294 g/mol. The van der Waals surface area contributed by atoms with Crippen LogP contribution in [0.25, 0.3) is 11.6 Å². The molecule has 110 valence electrons. The van der Waals surface area contributed by atoms with E-state index in [-0.39, 0.29) is 17.1 Å². The van der Waals surface area contributed by atoms with Gasteiger partial charge in [0.25, 0.3) is 0 Å². The zero-order chi connectivity index (χ0) is 15.5. The molecule has 0 fully saturated rings. The molecule has 3 rings (SSSR count). The Morgan fingerprint density at radius 3 is 2.36 bits per heavy atom. The van der Waals surface area contributed by atoms with E-state index in [4.69, 9.17) is 9.47 Å². The SMILES string of the molecule is COc1ccc(C2=C(O)/C(=C/c3ccccc3)OC2=O)cc1. The summed E-state index contributed by atoms with van der Waals surface area (Å²) >= 11 is 0. The van der Waals surface area contributed by atoms with Crippen molar-refractivity contribution in [3.8, 4) is 5.75 Å². The van der Waals surface area contributed by atoms with Crippen molar-refractivity contribution >= 4 is 17.6 Å². The van der Waals surface area contributed by atoms with Crippen LogP contribution >= 0.6 is 0 Å². The second kappa shape index (κ2) is 5.77. The number of aliphatic hydroxyl groups excluding tert-OH is 1. The topological polar surface area (TPSA) is 55.8 Å². The molecule has 0 spiro atoms. The molecule has 2 aromatic carbocycles. The van der Waals surface area contributed by atoms with Crippen molar-refractivity contribution in [3.63, 3.8) is 0 Å². The van der Waals surface area contributed by atoms with Crippen LogP contribution in [0.3, 0.4) is 0 Å². The van der Waals surface area contributed by atoms with Gasteiger partial charge in [-0.3, -0.25) is 0 Å². The lowest BCUT2D eigenvalue weighted by Gasteiger charge is -2.02. The van der Waals surface area contributed by atoms with Crippen molar-refractivity contribution in [2.45, 2.75) is 0 Å². The first-order valence-electron chi connectivity index (χ1n) is 6.76. The molecule has 0 amide bonds. The van der Waals surface area contributed by atoms with Gasteiger partial charge in [0.1, 0.15) is 11.3 Å². The van der Waals surface area contributed by atoms with Gasteiger partial charge in [-0.15, -0.1) is 0 Å². The Kier molecular flexibility index (Phi) is 3.66. The first kappa shape index (κ1) is 13.9. The quantitative estimate of drug-likeness (QED) is 0.879. The molecule has 0 atom stereocenters. The Balaban J connectivity index is 1.99. The summed E-state index contributed by atoms with van der Waals surface area (Å²) in [6.07, 6.45) is 1.63. The Labute approximate surface area is 127 Å². The zero-order valence-electron chi connectivity index (χ0n) is 11.9. The molecule has 1 heterocycles. The highest BCUT2D eigenvalue weighted by Gasteiger charge is 2.31. The summed E-state index contributed by atoms with van der Waals surface area (Å²) in [5.41, 5.74) is 1.58. The van der Waals surface area contributed by atoms with Crippen LogP contribution in [0.2, 0.25) is 0 Å². The first-order valence-corrected chi connectivity index (χ1v) is 6.76. The van der Waals surface area contributed by atoms with E-state index in [1.165, 1.54) is 0 Å². The lowest BCUT2D eigenvalue weighted by Crippen LogP contribution is -1.98. The molecule has 0 saturated carbocycles. The molecule has 22 heavy (non-hydrogen) atoms. The van der Waals surface area contributed by atoms with Crippen molar-refractivity contribution < 1.29 is 19.4 Å². The highest BCUT2D eigenvalue weighted by Crippen LogP contribution is 2.33. The number of methoxy groups -OCH3 is 1. The molecule has 1 aliphatic heterocycles. The van der Waals surface area contributed by atoms with E-state index in [1.807, 2.05) is 30.3 Å². The predicted octanol–water partition coefficient (Wildman–Crippen LogP) is 3.56. The minimum Gasteiger partial charge on any atom is -0.504 e. The van der Waals surface area contributed by atoms with Gasteiger partial charge in [-0.2, -0.15) is 0 Å². The third kappa shape index (κ3) is 2.59. The van der Waals surface area contributed by atoms with Crippen molar-refractivity contribution in [3.05, 3.63) is 77.2 Å². The molecule has 0 unspecified atom stereocenters. The normalized spacial score (nSPS) is 16.0. The van der Waals surface area contributed by atoms with Gasteiger partial charge >= 0.3 is 5.97 Å². The Hall–Kier alpha value is -3.01. The molecule has 1 aliphatic rings. The second-order valence-corrected chi connectivity index (χ2v) is 4.76. The van der Waals surface area contributed by atoms with Gasteiger partial charge in [0.2, 0.25) is 0 Å². The fourth-order valence-corrected chi connectivity index (χ4v) is 2.23. The summed E-state index contributed by atoms with van der Waals surface area (Å²) in [4.78, 5) is 12.0. The van der Waals surface area contributed by atoms with Gasteiger partial charge in [-0.05, 0) is 29.3 Å². The summed E-state index contributed by atoms with van der Waals surface area (Å²) in [5, 5.41) is 10.3. The van der Waals surface area contributed by atoms with Gasteiger partial charge < -0.3 is 14.6 Å². The largest absolute Gasteiger partial charge is 0.504 e. The average Bonchev–Trinajstić information content (AvgIpc) is 2.82. The maximum absolute atomic E-state index is 12.0. The lowest BCUT2D eigenvalue weighted by atomic mass is 10.0. The van der Waals surface area contributed by atoms with Crippen LogP contribution in [0.1, 0.15) is 11.1 Å². The maximum Gasteiger partial charge on any atom is 0.348 e. The van der Waals surface area contributed by atoms with Gasteiger partial charge in [0.15, 0.2) is 11.5 Å². The molecule has 0 aromatic heterocycles. The average molecular weight is 294 g/mol. The number of hydrogen-bond acceptors (Lipinski definition) is 4. The van der Waals surface area contributed by atoms with Crippen LogP contribution < -0.4 is 4.74 Å². The fourth-order valence-electron chi connectivity index (χ4n) is 2.23. The van der Waals surface area contributed by atoms with Gasteiger partial charge in [-0.1, -0.05) is 42.5 Å². The molecular weight excluding hydrogens is 280 g/mol. The van der Waals surface area contributed by atoms with E-state index in [0.717, 1.165) is 5.56 Å². The van der Waals surface area contributed by atoms with Crippen molar-refractivity contribution in [2.75, 3.05) is 7.11 Å². The molecule has 0 radical (unpaired) electrons. The number of benzene rings is 2. The van der Waals surface area contributed by atoms with Crippen LogP contribution in [0, 0.1) is 0 Å². The van der Waals surface area contributed by atoms with E-state index >= 15 is 0 Å². The van der Waals surface area contributed by atoms with Crippen LogP contribution in [-0.4, -0.2) is 18.2 Å². The second-order valence-electron chi connectivity index (χ2n) is 4.76. The molecule has 4 heteroatoms. The smallest absolute Gasteiger partial charge is 0.348 e. The number of ether oxygens (including phenoxy) is 2. The molecular formula is C18H14O4. The van der Waals surface area contributed by atoms with E-state index in [2.05, 4.69) is 0 Å². The summed E-state index contributed by atoms with van der Waals surface area (Å²) in [5.74, 6) is 0.112. The molecule has 0 aliphatic carbocycles. The van der Waals surface area contributed by atoms with Crippen LogP contribution in [0.15, 0.2) is 66.1 Å². The van der Waals surface area contributed by atoms with E-state index in [1.54, 1.807) is 37.5 Å². The Morgan fingerprint density at radius 2 is 1.73 bits per heavy atom. The molecule has 2 aromatic rings. The number of carbonyl (C=O) groups excluding carboxylic acids is 1. The number of hydrogen-bond donors (Lipinski definition) is 1. The van der Waals surface area contributed by atoms with E-state index in [0.29, 0.717) is 11.3 Å². The highest BCUT2D eigenvalue weighted by molar-refractivity contribution is 6.20. The minimum absolute atomic E-state index is 0.154. The summed E-state index contributed by atoms with van der Waals surface area (Å²) < 4.78 is 10.2. The first-order chi connectivity index (χ1) is 10.7. The van der Waals surface area contributed by atoms with Crippen LogP contribution in [0.5, 0.6) is 5.75 Å². The molecule has 0 saturated heterocycles. The number of esters is 1. The summed E-state index contributed by atoms with van der Waals surface area (Å²) in [6.45, 7) is 0. The third-order valence-corrected chi connectivity index (χ3v) is 3.35. The van der Waals surface area contributed by atoms with Gasteiger partial charge in [0.05, 0.1) is 7.11 Å². The van der Waals surface area contributed by atoms with Crippen LogP contribution in [0.4, 0.5) is 0 Å².